The lowest BCUT2D eigenvalue weighted by Gasteiger charge is -1.96. The minimum absolute atomic E-state index is 0.0454. The van der Waals surface area contributed by atoms with Crippen LogP contribution >= 0.6 is 27.5 Å². The van der Waals surface area contributed by atoms with Crippen molar-refractivity contribution >= 4 is 27.5 Å². The monoisotopic (exact) mass is 233 g/mol. The van der Waals surface area contributed by atoms with E-state index in [1.165, 1.54) is 12.1 Å². The van der Waals surface area contributed by atoms with Crippen molar-refractivity contribution in [1.82, 2.24) is 0 Å². The normalized spacial score (nSPS) is 9.27. The Bertz CT molecular complexity index is 309. The van der Waals surface area contributed by atoms with Gasteiger partial charge in [0.1, 0.15) is 0 Å². The molecule has 0 aromatic heterocycles. The first-order chi connectivity index (χ1) is 5.15. The molecule has 1 nitrogen and oxygen atoms in total. The number of nitriles is 1. The van der Waals surface area contributed by atoms with E-state index >= 15 is 0 Å². The average Bonchev–Trinajstić information content (AvgIpc) is 1.99. The van der Waals surface area contributed by atoms with E-state index in [4.69, 9.17) is 16.9 Å². The van der Waals surface area contributed by atoms with Gasteiger partial charge in [0.15, 0.2) is 5.82 Å². The zero-order chi connectivity index (χ0) is 8.43. The molecule has 0 saturated carbocycles. The lowest BCUT2D eigenvalue weighted by atomic mass is 10.2. The summed E-state index contributed by atoms with van der Waals surface area (Å²) in [5.41, 5.74) is 0.336. The van der Waals surface area contributed by atoms with E-state index in [0.717, 1.165) is 0 Å². The van der Waals surface area contributed by atoms with Crippen LogP contribution in [0.1, 0.15) is 5.56 Å². The first kappa shape index (κ1) is 8.51. The summed E-state index contributed by atoms with van der Waals surface area (Å²) in [7, 11) is 0. The zero-order valence-electron chi connectivity index (χ0n) is 5.24. The highest BCUT2D eigenvalue weighted by Gasteiger charge is 2.05. The van der Waals surface area contributed by atoms with E-state index in [1.54, 1.807) is 0 Å². The maximum absolute atomic E-state index is 12.8. The average molecular weight is 234 g/mol. The van der Waals surface area contributed by atoms with Crippen LogP contribution < -0.4 is 0 Å². The van der Waals surface area contributed by atoms with Gasteiger partial charge in [-0.25, -0.2) is 4.39 Å². The lowest BCUT2D eigenvalue weighted by molar-refractivity contribution is 0.621. The molecular weight excluding hydrogens is 232 g/mol. The van der Waals surface area contributed by atoms with Gasteiger partial charge in [0.25, 0.3) is 0 Å². The standard InChI is InChI=1S/C7H2BrClFN/c8-5-1-4(3-11)2-6(9)7(5)10/h1-2H. The fourth-order valence-electron chi connectivity index (χ4n) is 0.620. The quantitative estimate of drug-likeness (QED) is 0.633. The Balaban J connectivity index is 3.35. The SMILES string of the molecule is N#Cc1cc(Cl)c(F)c(Br)c1. The van der Waals surface area contributed by atoms with Crippen molar-refractivity contribution in [1.29, 1.82) is 5.26 Å². The number of rotatable bonds is 0. The van der Waals surface area contributed by atoms with Crippen LogP contribution in [0.4, 0.5) is 4.39 Å². The van der Waals surface area contributed by atoms with E-state index < -0.39 is 5.82 Å². The van der Waals surface area contributed by atoms with Crippen LogP contribution in [-0.2, 0) is 0 Å². The van der Waals surface area contributed by atoms with Gasteiger partial charge in [-0.15, -0.1) is 0 Å². The highest BCUT2D eigenvalue weighted by atomic mass is 79.9. The van der Waals surface area contributed by atoms with Crippen LogP contribution in [0.5, 0.6) is 0 Å². The van der Waals surface area contributed by atoms with Gasteiger partial charge in [-0.05, 0) is 28.1 Å². The Morgan fingerprint density at radius 3 is 2.64 bits per heavy atom. The summed E-state index contributed by atoms with van der Waals surface area (Å²) in [5.74, 6) is -0.536. The molecule has 4 heteroatoms. The predicted molar refractivity (Wildman–Crippen MR) is 43.8 cm³/mol. The number of nitrogens with zero attached hydrogens (tertiary/aromatic N) is 1. The smallest absolute Gasteiger partial charge is 0.156 e. The summed E-state index contributed by atoms with van der Waals surface area (Å²) in [6.45, 7) is 0. The van der Waals surface area contributed by atoms with E-state index in [1.807, 2.05) is 6.07 Å². The maximum Gasteiger partial charge on any atom is 0.156 e. The Labute approximate surface area is 76.5 Å². The fourth-order valence-corrected chi connectivity index (χ4v) is 1.41. The number of halogens is 3. The Hall–Kier alpha value is -0.590. The molecule has 0 saturated heterocycles. The second-order valence-corrected chi connectivity index (χ2v) is 3.13. The van der Waals surface area contributed by atoms with Crippen molar-refractivity contribution in [2.75, 3.05) is 0 Å². The molecule has 1 rings (SSSR count). The summed E-state index contributed by atoms with van der Waals surface area (Å²) in [4.78, 5) is 0. The largest absolute Gasteiger partial charge is 0.204 e. The molecular formula is C7H2BrClFN. The highest BCUT2D eigenvalue weighted by molar-refractivity contribution is 9.10. The minimum Gasteiger partial charge on any atom is -0.204 e. The molecule has 0 amide bonds. The van der Waals surface area contributed by atoms with Gasteiger partial charge in [0.05, 0.1) is 21.1 Å². The van der Waals surface area contributed by atoms with Crippen LogP contribution in [0.3, 0.4) is 0 Å². The molecule has 0 unspecified atom stereocenters. The molecule has 56 valence electrons. The van der Waals surface area contributed by atoms with Gasteiger partial charge in [0, 0.05) is 0 Å². The van der Waals surface area contributed by atoms with Crippen LogP contribution in [0, 0.1) is 17.1 Å². The van der Waals surface area contributed by atoms with Crippen molar-refractivity contribution in [3.63, 3.8) is 0 Å². The van der Waals surface area contributed by atoms with Gasteiger partial charge in [-0.1, -0.05) is 11.6 Å². The van der Waals surface area contributed by atoms with Crippen molar-refractivity contribution in [2.45, 2.75) is 0 Å². The van der Waals surface area contributed by atoms with Gasteiger partial charge < -0.3 is 0 Å². The highest BCUT2D eigenvalue weighted by Crippen LogP contribution is 2.24. The third-order valence-electron chi connectivity index (χ3n) is 1.11. The van der Waals surface area contributed by atoms with Crippen LogP contribution in [0.15, 0.2) is 16.6 Å². The number of hydrogen-bond donors (Lipinski definition) is 0. The third kappa shape index (κ3) is 1.70. The third-order valence-corrected chi connectivity index (χ3v) is 1.96. The summed E-state index contributed by atoms with van der Waals surface area (Å²) >= 11 is 8.37. The Kier molecular flexibility index (Phi) is 2.48. The van der Waals surface area contributed by atoms with Crippen LogP contribution in [-0.4, -0.2) is 0 Å². The molecule has 0 fully saturated rings. The summed E-state index contributed by atoms with van der Waals surface area (Å²) < 4.78 is 13.0. The Morgan fingerprint density at radius 1 is 1.55 bits per heavy atom. The minimum atomic E-state index is -0.536. The van der Waals surface area contributed by atoms with Gasteiger partial charge in [0.2, 0.25) is 0 Å². The summed E-state index contributed by atoms with van der Waals surface area (Å²) in [6, 6.07) is 4.51. The summed E-state index contributed by atoms with van der Waals surface area (Å²) in [6.07, 6.45) is 0. The van der Waals surface area contributed by atoms with E-state index in [2.05, 4.69) is 15.9 Å². The maximum atomic E-state index is 12.8. The molecule has 1 aromatic rings. The molecule has 0 aliphatic heterocycles. The van der Waals surface area contributed by atoms with Gasteiger partial charge in [-0.3, -0.25) is 0 Å². The topological polar surface area (TPSA) is 23.8 Å². The van der Waals surface area contributed by atoms with Gasteiger partial charge in [-0.2, -0.15) is 5.26 Å². The van der Waals surface area contributed by atoms with Crippen molar-refractivity contribution in [2.24, 2.45) is 0 Å². The van der Waals surface area contributed by atoms with Gasteiger partial charge >= 0.3 is 0 Å². The fraction of sp³-hybridized carbons (Fsp3) is 0. The second-order valence-electron chi connectivity index (χ2n) is 1.87. The first-order valence-corrected chi connectivity index (χ1v) is 3.87. The number of benzene rings is 1. The van der Waals surface area contributed by atoms with Crippen molar-refractivity contribution < 1.29 is 4.39 Å². The van der Waals surface area contributed by atoms with Crippen LogP contribution in [0.2, 0.25) is 5.02 Å². The van der Waals surface area contributed by atoms with Crippen LogP contribution in [0.25, 0.3) is 0 Å². The number of hydrogen-bond acceptors (Lipinski definition) is 1. The molecule has 0 spiro atoms. The zero-order valence-corrected chi connectivity index (χ0v) is 7.58. The molecule has 0 heterocycles. The van der Waals surface area contributed by atoms with Crippen molar-refractivity contribution in [3.8, 4) is 6.07 Å². The predicted octanol–water partition coefficient (Wildman–Crippen LogP) is 3.11. The molecule has 0 aliphatic rings. The second kappa shape index (κ2) is 3.21. The molecule has 11 heavy (non-hydrogen) atoms. The first-order valence-electron chi connectivity index (χ1n) is 2.70. The molecule has 0 N–H and O–H groups in total. The summed E-state index contributed by atoms with van der Waals surface area (Å²) in [5, 5.41) is 8.38. The van der Waals surface area contributed by atoms with E-state index in [-0.39, 0.29) is 9.50 Å². The molecule has 1 aromatic carbocycles. The molecule has 0 atom stereocenters. The van der Waals surface area contributed by atoms with Crippen molar-refractivity contribution in [3.05, 3.63) is 33.0 Å². The lowest BCUT2D eigenvalue weighted by Crippen LogP contribution is -1.82. The molecule has 0 radical (unpaired) electrons. The Morgan fingerprint density at radius 2 is 2.18 bits per heavy atom. The molecule has 0 aliphatic carbocycles. The van der Waals surface area contributed by atoms with E-state index in [9.17, 15) is 4.39 Å². The molecule has 0 bridgehead atoms. The van der Waals surface area contributed by atoms with E-state index in [0.29, 0.717) is 5.56 Å².